The van der Waals surface area contributed by atoms with E-state index in [0.717, 1.165) is 57.8 Å². The van der Waals surface area contributed by atoms with E-state index in [0.29, 0.717) is 6.04 Å². The van der Waals surface area contributed by atoms with Crippen LogP contribution in [0.25, 0.3) is 0 Å². The molecule has 0 aromatic rings. The number of nitrogens with one attached hydrogen (secondary N) is 2. The summed E-state index contributed by atoms with van der Waals surface area (Å²) in [7, 11) is 0. The molecule has 2 aliphatic heterocycles. The average Bonchev–Trinajstić information content (AvgIpc) is 2.67. The van der Waals surface area contributed by atoms with E-state index in [9.17, 15) is 0 Å². The topological polar surface area (TPSA) is 52.1 Å². The van der Waals surface area contributed by atoms with Crippen molar-refractivity contribution in [1.82, 2.24) is 20.4 Å². The molecule has 6 nitrogen and oxygen atoms in total. The van der Waals surface area contributed by atoms with Gasteiger partial charge >= 0.3 is 0 Å². The molecule has 26 heavy (non-hydrogen) atoms. The van der Waals surface area contributed by atoms with Gasteiger partial charge in [0.2, 0.25) is 0 Å². The molecule has 2 saturated heterocycles. The van der Waals surface area contributed by atoms with Gasteiger partial charge < -0.3 is 20.3 Å². The van der Waals surface area contributed by atoms with Gasteiger partial charge in [0.05, 0.1) is 19.8 Å². The molecule has 0 radical (unpaired) electrons. The highest BCUT2D eigenvalue weighted by Crippen LogP contribution is 2.19. The second-order valence-corrected chi connectivity index (χ2v) is 7.31. The molecular weight excluding hydrogens is 441 g/mol. The van der Waals surface area contributed by atoms with Crippen LogP contribution in [0.2, 0.25) is 0 Å². The minimum Gasteiger partial charge on any atom is -0.379 e. The lowest BCUT2D eigenvalue weighted by molar-refractivity contribution is 0.0220. The van der Waals surface area contributed by atoms with Crippen LogP contribution in [-0.4, -0.2) is 87.4 Å². The molecule has 2 aliphatic rings. The van der Waals surface area contributed by atoms with Gasteiger partial charge in [-0.1, -0.05) is 6.92 Å². The Bertz CT molecular complexity index is 382. The van der Waals surface area contributed by atoms with Gasteiger partial charge in [0.15, 0.2) is 5.96 Å². The smallest absolute Gasteiger partial charge is 0.191 e. The minimum absolute atomic E-state index is 0. The highest BCUT2D eigenvalue weighted by Gasteiger charge is 2.18. The van der Waals surface area contributed by atoms with Crippen LogP contribution >= 0.6 is 24.0 Å². The Morgan fingerprint density at radius 2 is 1.81 bits per heavy atom. The minimum atomic E-state index is 0. The lowest BCUT2D eigenvalue weighted by Gasteiger charge is -2.31. The molecule has 0 aliphatic carbocycles. The first-order valence-corrected chi connectivity index (χ1v) is 10.3. The predicted octanol–water partition coefficient (Wildman–Crippen LogP) is 2.00. The van der Waals surface area contributed by atoms with Crippen molar-refractivity contribution in [3.05, 3.63) is 0 Å². The third-order valence-electron chi connectivity index (χ3n) is 5.53. The van der Waals surface area contributed by atoms with E-state index in [-0.39, 0.29) is 24.0 Å². The Kier molecular flexibility index (Phi) is 12.8. The van der Waals surface area contributed by atoms with Crippen LogP contribution in [-0.2, 0) is 4.74 Å². The number of piperidine rings is 1. The van der Waals surface area contributed by atoms with E-state index in [4.69, 9.17) is 9.73 Å². The molecular formula is C19H40IN5O. The summed E-state index contributed by atoms with van der Waals surface area (Å²) in [5, 5.41) is 6.92. The number of hydrogen-bond acceptors (Lipinski definition) is 4. The summed E-state index contributed by atoms with van der Waals surface area (Å²) < 4.78 is 5.43. The maximum Gasteiger partial charge on any atom is 0.191 e. The molecule has 1 unspecified atom stereocenters. The Labute approximate surface area is 177 Å². The first-order chi connectivity index (χ1) is 12.2. The zero-order chi connectivity index (χ0) is 17.9. The van der Waals surface area contributed by atoms with Gasteiger partial charge in [0, 0.05) is 32.2 Å². The van der Waals surface area contributed by atoms with E-state index >= 15 is 0 Å². The molecule has 0 saturated carbocycles. The van der Waals surface area contributed by atoms with Crippen LogP contribution in [0.1, 0.15) is 40.0 Å². The maximum atomic E-state index is 5.43. The fourth-order valence-electron chi connectivity index (χ4n) is 3.68. The molecule has 1 atom stereocenters. The number of hydrogen-bond donors (Lipinski definition) is 2. The van der Waals surface area contributed by atoms with Gasteiger partial charge in [-0.3, -0.25) is 9.89 Å². The number of nitrogens with zero attached hydrogens (tertiary/aromatic N) is 3. The molecule has 0 spiro atoms. The van der Waals surface area contributed by atoms with Gasteiger partial charge in [0.25, 0.3) is 0 Å². The Morgan fingerprint density at radius 1 is 1.12 bits per heavy atom. The zero-order valence-electron chi connectivity index (χ0n) is 17.0. The van der Waals surface area contributed by atoms with Gasteiger partial charge in [-0.2, -0.15) is 0 Å². The van der Waals surface area contributed by atoms with Crippen molar-refractivity contribution in [3.8, 4) is 0 Å². The number of morpholine rings is 1. The molecule has 2 rings (SSSR count). The van der Waals surface area contributed by atoms with Crippen molar-refractivity contribution >= 4 is 29.9 Å². The zero-order valence-corrected chi connectivity index (χ0v) is 19.3. The summed E-state index contributed by atoms with van der Waals surface area (Å²) in [6, 6.07) is 0.470. The second-order valence-electron chi connectivity index (χ2n) is 7.31. The number of halogens is 1. The predicted molar refractivity (Wildman–Crippen MR) is 121 cm³/mol. The van der Waals surface area contributed by atoms with Gasteiger partial charge in [-0.25, -0.2) is 0 Å². The number of rotatable bonds is 8. The van der Waals surface area contributed by atoms with Crippen molar-refractivity contribution in [2.75, 3.05) is 65.6 Å². The van der Waals surface area contributed by atoms with Crippen molar-refractivity contribution in [1.29, 1.82) is 0 Å². The second kappa shape index (κ2) is 14.0. The standard InChI is InChI=1S/C19H39N5O.HI/c1-4-20-19(22-16-17(3)24-12-14-25-15-13-24)21-9-6-18-7-10-23(5-2)11-8-18;/h17-18H,4-16H2,1-3H3,(H2,20,21,22);1H. The number of likely N-dealkylation sites (tertiary alicyclic amines) is 1. The van der Waals surface area contributed by atoms with Crippen molar-refractivity contribution < 1.29 is 4.74 Å². The summed E-state index contributed by atoms with van der Waals surface area (Å²) in [5.41, 5.74) is 0. The highest BCUT2D eigenvalue weighted by molar-refractivity contribution is 14.0. The van der Waals surface area contributed by atoms with Crippen LogP contribution in [0.4, 0.5) is 0 Å². The van der Waals surface area contributed by atoms with Crippen LogP contribution in [0.3, 0.4) is 0 Å². The molecule has 2 heterocycles. The number of guanidine groups is 1. The molecule has 2 fully saturated rings. The maximum absolute atomic E-state index is 5.43. The normalized spacial score (nSPS) is 21.9. The summed E-state index contributed by atoms with van der Waals surface area (Å²) in [4.78, 5) is 9.83. The van der Waals surface area contributed by atoms with Crippen LogP contribution in [0.5, 0.6) is 0 Å². The van der Waals surface area contributed by atoms with E-state index < -0.39 is 0 Å². The lowest BCUT2D eigenvalue weighted by atomic mass is 9.93. The summed E-state index contributed by atoms with van der Waals surface area (Å²) in [5.74, 6) is 1.83. The molecule has 154 valence electrons. The molecule has 0 aromatic heterocycles. The van der Waals surface area contributed by atoms with Crippen LogP contribution < -0.4 is 10.6 Å². The van der Waals surface area contributed by atoms with Gasteiger partial charge in [-0.05, 0) is 58.7 Å². The van der Waals surface area contributed by atoms with Crippen molar-refractivity contribution in [2.45, 2.75) is 46.1 Å². The van der Waals surface area contributed by atoms with E-state index in [1.807, 2.05) is 0 Å². The first kappa shape index (κ1) is 23.9. The quantitative estimate of drug-likeness (QED) is 0.316. The lowest BCUT2D eigenvalue weighted by Crippen LogP contribution is -2.44. The molecule has 0 amide bonds. The summed E-state index contributed by atoms with van der Waals surface area (Å²) in [6.45, 7) is 16.9. The summed E-state index contributed by atoms with van der Waals surface area (Å²) in [6.07, 6.45) is 3.94. The van der Waals surface area contributed by atoms with E-state index in [1.165, 1.54) is 38.9 Å². The fraction of sp³-hybridized carbons (Fsp3) is 0.947. The molecule has 0 aromatic carbocycles. The van der Waals surface area contributed by atoms with Crippen molar-refractivity contribution in [3.63, 3.8) is 0 Å². The monoisotopic (exact) mass is 481 g/mol. The SMILES string of the molecule is CCNC(=NCC(C)N1CCOCC1)NCCC1CCN(CC)CC1.I. The van der Waals surface area contributed by atoms with Crippen molar-refractivity contribution in [2.24, 2.45) is 10.9 Å². The van der Waals surface area contributed by atoms with Gasteiger partial charge in [-0.15, -0.1) is 24.0 Å². The Hall–Kier alpha value is -0.120. The van der Waals surface area contributed by atoms with Crippen LogP contribution in [0.15, 0.2) is 4.99 Å². The van der Waals surface area contributed by atoms with Crippen LogP contribution in [0, 0.1) is 5.92 Å². The molecule has 0 bridgehead atoms. The number of aliphatic imine (C=N–C) groups is 1. The Morgan fingerprint density at radius 3 is 2.42 bits per heavy atom. The summed E-state index contributed by atoms with van der Waals surface area (Å²) >= 11 is 0. The number of ether oxygens (including phenoxy) is 1. The van der Waals surface area contributed by atoms with E-state index in [1.54, 1.807) is 0 Å². The highest BCUT2D eigenvalue weighted by atomic mass is 127. The van der Waals surface area contributed by atoms with Gasteiger partial charge in [0.1, 0.15) is 0 Å². The fourth-order valence-corrected chi connectivity index (χ4v) is 3.68. The third-order valence-corrected chi connectivity index (χ3v) is 5.53. The molecule has 7 heteroatoms. The Balaban J connectivity index is 0.00000338. The first-order valence-electron chi connectivity index (χ1n) is 10.3. The van der Waals surface area contributed by atoms with E-state index in [2.05, 4.69) is 41.2 Å². The third kappa shape index (κ3) is 8.71. The average molecular weight is 481 g/mol. The largest absolute Gasteiger partial charge is 0.379 e. The molecule has 2 N–H and O–H groups in total.